The van der Waals surface area contributed by atoms with Gasteiger partial charge in [0.15, 0.2) is 0 Å². The van der Waals surface area contributed by atoms with Crippen molar-refractivity contribution in [3.05, 3.63) is 62.9 Å². The number of hydrogen-bond donors (Lipinski definition) is 1. The van der Waals surface area contributed by atoms with Gasteiger partial charge in [-0.1, -0.05) is 28.1 Å². The van der Waals surface area contributed by atoms with Gasteiger partial charge in [0.05, 0.1) is 7.11 Å². The van der Waals surface area contributed by atoms with Crippen molar-refractivity contribution in [3.8, 4) is 5.75 Å². The van der Waals surface area contributed by atoms with Gasteiger partial charge in [-0.25, -0.2) is 4.39 Å². The van der Waals surface area contributed by atoms with Gasteiger partial charge in [-0.3, -0.25) is 0 Å². The molecule has 0 aliphatic rings. The molecule has 2 rings (SSSR count). The van der Waals surface area contributed by atoms with Crippen LogP contribution in [-0.4, -0.2) is 12.2 Å². The normalized spacial score (nSPS) is 12.3. The van der Waals surface area contributed by atoms with Gasteiger partial charge in [0, 0.05) is 15.6 Å². The monoisotopic (exact) mass is 338 g/mol. The predicted octanol–water partition coefficient (Wildman–Crippen LogP) is 4.30. The maximum absolute atomic E-state index is 14.0. The van der Waals surface area contributed by atoms with Gasteiger partial charge in [0.2, 0.25) is 0 Å². The Morgan fingerprint density at radius 3 is 2.50 bits per heavy atom. The molecule has 0 radical (unpaired) electrons. The first kappa shape index (κ1) is 15.0. The van der Waals surface area contributed by atoms with Crippen LogP contribution >= 0.6 is 15.9 Å². The SMILES string of the molecule is COc1cc(C)cc(C)c1C(O)c1c(F)cccc1Br. The molecule has 20 heavy (non-hydrogen) atoms. The average molecular weight is 339 g/mol. The van der Waals surface area contributed by atoms with Crippen molar-refractivity contribution in [2.45, 2.75) is 20.0 Å². The van der Waals surface area contributed by atoms with E-state index in [-0.39, 0.29) is 5.56 Å². The third kappa shape index (κ3) is 2.72. The van der Waals surface area contributed by atoms with Gasteiger partial charge in [0.1, 0.15) is 17.7 Å². The summed E-state index contributed by atoms with van der Waals surface area (Å²) >= 11 is 3.29. The molecule has 0 amide bonds. The van der Waals surface area contributed by atoms with E-state index in [1.165, 1.54) is 6.07 Å². The molecule has 0 bridgehead atoms. The summed E-state index contributed by atoms with van der Waals surface area (Å²) in [6.07, 6.45) is -1.08. The third-order valence-electron chi connectivity index (χ3n) is 3.26. The fourth-order valence-corrected chi connectivity index (χ4v) is 2.93. The molecule has 0 aliphatic carbocycles. The van der Waals surface area contributed by atoms with E-state index in [1.54, 1.807) is 19.2 Å². The first-order valence-corrected chi connectivity index (χ1v) is 7.02. The smallest absolute Gasteiger partial charge is 0.130 e. The lowest BCUT2D eigenvalue weighted by Gasteiger charge is -2.20. The van der Waals surface area contributed by atoms with Crippen molar-refractivity contribution in [2.75, 3.05) is 7.11 Å². The summed E-state index contributed by atoms with van der Waals surface area (Å²) in [5, 5.41) is 10.6. The highest BCUT2D eigenvalue weighted by Crippen LogP contribution is 2.37. The van der Waals surface area contributed by atoms with Crippen molar-refractivity contribution in [2.24, 2.45) is 0 Å². The molecule has 0 saturated heterocycles. The standard InChI is InChI=1S/C16H16BrFO2/c1-9-7-10(2)14(13(8-9)20-3)16(19)15-11(17)5-4-6-12(15)18/h4-8,16,19H,1-3H3. The van der Waals surface area contributed by atoms with Crippen LogP contribution in [0.2, 0.25) is 0 Å². The van der Waals surface area contributed by atoms with Crippen molar-refractivity contribution in [1.82, 2.24) is 0 Å². The molecule has 1 atom stereocenters. The van der Waals surface area contributed by atoms with Crippen LogP contribution in [0.25, 0.3) is 0 Å². The molecule has 0 heterocycles. The van der Waals surface area contributed by atoms with Gasteiger partial charge in [-0.2, -0.15) is 0 Å². The summed E-state index contributed by atoms with van der Waals surface area (Å²) in [5.74, 6) is 0.110. The quantitative estimate of drug-likeness (QED) is 0.904. The summed E-state index contributed by atoms with van der Waals surface area (Å²) in [4.78, 5) is 0. The maximum Gasteiger partial charge on any atom is 0.130 e. The summed E-state index contributed by atoms with van der Waals surface area (Å²) in [5.41, 5.74) is 2.70. The van der Waals surface area contributed by atoms with Crippen LogP contribution in [0.5, 0.6) is 5.75 Å². The van der Waals surface area contributed by atoms with Gasteiger partial charge >= 0.3 is 0 Å². The molecule has 2 aromatic carbocycles. The van der Waals surface area contributed by atoms with E-state index in [4.69, 9.17) is 4.74 Å². The summed E-state index contributed by atoms with van der Waals surface area (Å²) in [6, 6.07) is 8.40. The van der Waals surface area contributed by atoms with Gasteiger partial charge < -0.3 is 9.84 Å². The van der Waals surface area contributed by atoms with Gasteiger partial charge in [0.25, 0.3) is 0 Å². The van der Waals surface area contributed by atoms with Crippen molar-refractivity contribution >= 4 is 15.9 Å². The first-order valence-electron chi connectivity index (χ1n) is 6.22. The number of aliphatic hydroxyl groups is 1. The van der Waals surface area contributed by atoms with Crippen LogP contribution in [0.15, 0.2) is 34.8 Å². The van der Waals surface area contributed by atoms with E-state index < -0.39 is 11.9 Å². The summed E-state index contributed by atoms with van der Waals surface area (Å²) < 4.78 is 19.9. The molecular formula is C16H16BrFO2. The van der Waals surface area contributed by atoms with Crippen molar-refractivity contribution in [3.63, 3.8) is 0 Å². The number of ether oxygens (including phenoxy) is 1. The minimum atomic E-state index is -1.08. The minimum Gasteiger partial charge on any atom is -0.496 e. The predicted molar refractivity (Wildman–Crippen MR) is 80.6 cm³/mol. The Morgan fingerprint density at radius 1 is 1.20 bits per heavy atom. The van der Waals surface area contributed by atoms with E-state index in [0.29, 0.717) is 15.8 Å². The van der Waals surface area contributed by atoms with E-state index >= 15 is 0 Å². The number of hydrogen-bond acceptors (Lipinski definition) is 2. The molecule has 0 aromatic heterocycles. The van der Waals surface area contributed by atoms with Crippen LogP contribution < -0.4 is 4.74 Å². The third-order valence-corrected chi connectivity index (χ3v) is 3.95. The lowest BCUT2D eigenvalue weighted by Crippen LogP contribution is -2.08. The highest BCUT2D eigenvalue weighted by molar-refractivity contribution is 9.10. The maximum atomic E-state index is 14.0. The zero-order valence-corrected chi connectivity index (χ0v) is 13.2. The molecule has 0 fully saturated rings. The number of rotatable bonds is 3. The number of aryl methyl sites for hydroxylation is 2. The number of benzene rings is 2. The highest BCUT2D eigenvalue weighted by Gasteiger charge is 2.23. The van der Waals surface area contributed by atoms with Crippen LogP contribution in [0.3, 0.4) is 0 Å². The van der Waals surface area contributed by atoms with Crippen LogP contribution in [0.4, 0.5) is 4.39 Å². The largest absolute Gasteiger partial charge is 0.496 e. The molecule has 1 unspecified atom stereocenters. The molecule has 4 heteroatoms. The molecule has 0 saturated carbocycles. The number of halogens is 2. The van der Waals surface area contributed by atoms with Gasteiger partial charge in [-0.05, 0) is 43.2 Å². The Hall–Kier alpha value is -1.39. The molecule has 2 nitrogen and oxygen atoms in total. The Labute approximate surface area is 126 Å². The molecule has 2 aromatic rings. The van der Waals surface area contributed by atoms with Crippen LogP contribution in [0.1, 0.15) is 28.4 Å². The van der Waals surface area contributed by atoms with E-state index in [2.05, 4.69) is 15.9 Å². The van der Waals surface area contributed by atoms with Crippen LogP contribution in [-0.2, 0) is 0 Å². The fraction of sp³-hybridized carbons (Fsp3) is 0.250. The molecule has 106 valence electrons. The Balaban J connectivity index is 2.62. The van der Waals surface area contributed by atoms with Crippen LogP contribution in [0, 0.1) is 19.7 Å². The lowest BCUT2D eigenvalue weighted by atomic mass is 9.94. The lowest BCUT2D eigenvalue weighted by molar-refractivity contribution is 0.208. The number of aliphatic hydroxyl groups excluding tert-OH is 1. The highest BCUT2D eigenvalue weighted by atomic mass is 79.9. The van der Waals surface area contributed by atoms with E-state index in [0.717, 1.165) is 11.1 Å². The zero-order chi connectivity index (χ0) is 14.9. The van der Waals surface area contributed by atoms with Crippen molar-refractivity contribution < 1.29 is 14.2 Å². The topological polar surface area (TPSA) is 29.5 Å². The Morgan fingerprint density at radius 2 is 1.90 bits per heavy atom. The zero-order valence-electron chi connectivity index (χ0n) is 11.6. The van der Waals surface area contributed by atoms with Gasteiger partial charge in [-0.15, -0.1) is 0 Å². The Kier molecular flexibility index (Phi) is 4.45. The van der Waals surface area contributed by atoms with Crippen molar-refractivity contribution in [1.29, 1.82) is 0 Å². The Bertz CT molecular complexity index is 620. The second-order valence-corrected chi connectivity index (χ2v) is 5.59. The molecular weight excluding hydrogens is 323 g/mol. The fourth-order valence-electron chi connectivity index (χ4n) is 2.38. The molecule has 0 spiro atoms. The average Bonchev–Trinajstić information content (AvgIpc) is 2.37. The number of methoxy groups -OCH3 is 1. The molecule has 1 N–H and O–H groups in total. The van der Waals surface area contributed by atoms with E-state index in [1.807, 2.05) is 26.0 Å². The first-order chi connectivity index (χ1) is 9.45. The second-order valence-electron chi connectivity index (χ2n) is 4.74. The van der Waals surface area contributed by atoms with E-state index in [9.17, 15) is 9.50 Å². The summed E-state index contributed by atoms with van der Waals surface area (Å²) in [7, 11) is 1.54. The second kappa shape index (κ2) is 5.94. The summed E-state index contributed by atoms with van der Waals surface area (Å²) in [6.45, 7) is 3.83. The molecule has 0 aliphatic heterocycles. The minimum absolute atomic E-state index is 0.220.